The van der Waals surface area contributed by atoms with Crippen molar-refractivity contribution in [2.75, 3.05) is 6.61 Å². The first kappa shape index (κ1) is 20.2. The first-order valence-electron chi connectivity index (χ1n) is 8.62. The quantitative estimate of drug-likeness (QED) is 0.406. The minimum Gasteiger partial charge on any atom is -0.448 e. The van der Waals surface area contributed by atoms with Gasteiger partial charge >= 0.3 is 6.09 Å². The zero-order chi connectivity index (χ0) is 20.1. The molecule has 0 bridgehead atoms. The molecule has 144 valence electrons. The lowest BCUT2D eigenvalue weighted by Gasteiger charge is -2.09. The van der Waals surface area contributed by atoms with E-state index in [1.54, 1.807) is 0 Å². The zero-order valence-electron chi connectivity index (χ0n) is 15.3. The third-order valence-corrected chi connectivity index (χ3v) is 4.51. The van der Waals surface area contributed by atoms with Gasteiger partial charge in [0.25, 0.3) is 0 Å². The van der Waals surface area contributed by atoms with Crippen LogP contribution in [-0.4, -0.2) is 28.9 Å². The molecule has 0 fully saturated rings. The van der Waals surface area contributed by atoms with Gasteiger partial charge in [0, 0.05) is 20.4 Å². The molecular formula is C20H18BrClN4O2. The van der Waals surface area contributed by atoms with Gasteiger partial charge in [-0.25, -0.2) is 20.2 Å². The number of hydrogen-bond donors (Lipinski definition) is 1. The van der Waals surface area contributed by atoms with Crippen LogP contribution in [0.3, 0.4) is 0 Å². The number of hydrazone groups is 1. The van der Waals surface area contributed by atoms with Gasteiger partial charge in [-0.3, -0.25) is 0 Å². The normalized spacial score (nSPS) is 11.3. The summed E-state index contributed by atoms with van der Waals surface area (Å²) in [6.07, 6.45) is 0.749. The van der Waals surface area contributed by atoms with Gasteiger partial charge in [-0.15, -0.1) is 0 Å². The van der Waals surface area contributed by atoms with Gasteiger partial charge in [-0.05, 0) is 30.2 Å². The average molecular weight is 462 g/mol. The number of fused-ring (bicyclic) bond motifs is 1. The smallest absolute Gasteiger partial charge is 0.427 e. The number of carbonyl (C=O) groups excluding carboxylic acids is 1. The summed E-state index contributed by atoms with van der Waals surface area (Å²) in [5.41, 5.74) is 4.51. The summed E-state index contributed by atoms with van der Waals surface area (Å²) in [7, 11) is 0. The van der Waals surface area contributed by atoms with E-state index < -0.39 is 6.09 Å². The molecule has 2 aromatic carbocycles. The molecule has 1 heterocycles. The highest BCUT2D eigenvalue weighted by Gasteiger charge is 2.12. The van der Waals surface area contributed by atoms with Gasteiger partial charge in [0.05, 0.1) is 24.0 Å². The second-order valence-corrected chi connectivity index (χ2v) is 7.76. The SMILES string of the molecule is CC(C)COC(=O)N/N=C/c1nc(-c2ccccc2Cl)c2cc(Br)ccc2n1. The van der Waals surface area contributed by atoms with E-state index in [4.69, 9.17) is 16.3 Å². The van der Waals surface area contributed by atoms with Crippen molar-refractivity contribution in [3.63, 3.8) is 0 Å². The molecule has 0 saturated carbocycles. The van der Waals surface area contributed by atoms with E-state index in [1.807, 2.05) is 56.3 Å². The predicted molar refractivity (Wildman–Crippen MR) is 115 cm³/mol. The molecule has 0 aliphatic carbocycles. The van der Waals surface area contributed by atoms with Crippen molar-refractivity contribution in [1.29, 1.82) is 0 Å². The van der Waals surface area contributed by atoms with E-state index in [2.05, 4.69) is 36.4 Å². The number of halogens is 2. The number of nitrogens with one attached hydrogen (secondary N) is 1. The molecule has 0 unspecified atom stereocenters. The maximum atomic E-state index is 11.6. The van der Waals surface area contributed by atoms with Crippen molar-refractivity contribution in [2.45, 2.75) is 13.8 Å². The number of aromatic nitrogens is 2. The van der Waals surface area contributed by atoms with Crippen molar-refractivity contribution in [1.82, 2.24) is 15.4 Å². The third kappa shape index (κ3) is 5.05. The maximum absolute atomic E-state index is 11.6. The highest BCUT2D eigenvalue weighted by atomic mass is 79.9. The molecule has 3 aromatic rings. The van der Waals surface area contributed by atoms with E-state index in [0.717, 1.165) is 20.9 Å². The van der Waals surface area contributed by atoms with E-state index in [1.165, 1.54) is 6.21 Å². The maximum Gasteiger partial charge on any atom is 0.427 e. The number of carbonyl (C=O) groups is 1. The molecule has 0 spiro atoms. The Hall–Kier alpha value is -2.51. The minimum absolute atomic E-state index is 0.246. The minimum atomic E-state index is -0.624. The van der Waals surface area contributed by atoms with Gasteiger partial charge in [0.1, 0.15) is 0 Å². The molecule has 0 atom stereocenters. The van der Waals surface area contributed by atoms with Crippen molar-refractivity contribution in [3.05, 3.63) is 57.8 Å². The highest BCUT2D eigenvalue weighted by molar-refractivity contribution is 9.10. The lowest BCUT2D eigenvalue weighted by atomic mass is 10.1. The van der Waals surface area contributed by atoms with Crippen LogP contribution in [0.25, 0.3) is 22.2 Å². The molecule has 0 radical (unpaired) electrons. The average Bonchev–Trinajstić information content (AvgIpc) is 2.66. The molecule has 6 nitrogen and oxygen atoms in total. The van der Waals surface area contributed by atoms with Crippen LogP contribution in [0, 0.1) is 5.92 Å². The Labute approximate surface area is 176 Å². The monoisotopic (exact) mass is 460 g/mol. The number of rotatable bonds is 5. The van der Waals surface area contributed by atoms with Crippen LogP contribution in [-0.2, 0) is 4.74 Å². The molecule has 0 saturated heterocycles. The Morgan fingerprint density at radius 2 is 2.07 bits per heavy atom. The van der Waals surface area contributed by atoms with Gasteiger partial charge in [-0.2, -0.15) is 5.10 Å². The fourth-order valence-corrected chi connectivity index (χ4v) is 3.04. The van der Waals surface area contributed by atoms with Gasteiger partial charge in [-0.1, -0.05) is 59.6 Å². The molecule has 3 rings (SSSR count). The highest BCUT2D eigenvalue weighted by Crippen LogP contribution is 2.32. The van der Waals surface area contributed by atoms with Crippen LogP contribution in [0.4, 0.5) is 4.79 Å². The number of amides is 1. The lowest BCUT2D eigenvalue weighted by Crippen LogP contribution is -2.21. The first-order chi connectivity index (χ1) is 13.4. The van der Waals surface area contributed by atoms with Crippen LogP contribution in [0.2, 0.25) is 5.02 Å². The van der Waals surface area contributed by atoms with Crippen LogP contribution in [0.5, 0.6) is 0 Å². The molecule has 0 aliphatic heterocycles. The topological polar surface area (TPSA) is 76.5 Å². The van der Waals surface area contributed by atoms with Crippen LogP contribution in [0.15, 0.2) is 52.0 Å². The summed E-state index contributed by atoms with van der Waals surface area (Å²) < 4.78 is 5.92. The van der Waals surface area contributed by atoms with E-state index in [-0.39, 0.29) is 5.92 Å². The second kappa shape index (κ2) is 9.12. The summed E-state index contributed by atoms with van der Waals surface area (Å²) in [6, 6.07) is 13.2. The molecule has 1 N–H and O–H groups in total. The van der Waals surface area contributed by atoms with E-state index in [0.29, 0.717) is 23.1 Å². The first-order valence-corrected chi connectivity index (χ1v) is 9.79. The number of benzene rings is 2. The number of nitrogens with zero attached hydrogens (tertiary/aromatic N) is 3. The van der Waals surface area contributed by atoms with Crippen molar-refractivity contribution >= 4 is 50.7 Å². The summed E-state index contributed by atoms with van der Waals surface area (Å²) in [4.78, 5) is 20.7. The zero-order valence-corrected chi connectivity index (χ0v) is 17.7. The molecule has 28 heavy (non-hydrogen) atoms. The summed E-state index contributed by atoms with van der Waals surface area (Å²) in [5.74, 6) is 0.588. The third-order valence-electron chi connectivity index (χ3n) is 3.69. The summed E-state index contributed by atoms with van der Waals surface area (Å²) in [5, 5.41) is 5.32. The van der Waals surface area contributed by atoms with Crippen molar-refractivity contribution in [2.24, 2.45) is 11.0 Å². The molecule has 0 aliphatic rings. The summed E-state index contributed by atoms with van der Waals surface area (Å²) >= 11 is 9.86. The Balaban J connectivity index is 1.94. The van der Waals surface area contributed by atoms with Gasteiger partial charge in [0.15, 0.2) is 5.82 Å². The van der Waals surface area contributed by atoms with Gasteiger partial charge < -0.3 is 4.74 Å². The van der Waals surface area contributed by atoms with Gasteiger partial charge in [0.2, 0.25) is 0 Å². The Morgan fingerprint density at radius 3 is 2.82 bits per heavy atom. The standard InChI is InChI=1S/C20H18BrClN4O2/c1-12(2)11-28-20(27)26-23-10-18-24-17-8-7-13(21)9-15(17)19(25-18)14-5-3-4-6-16(14)22/h3-10,12H,11H2,1-2H3,(H,26,27)/b23-10+. The van der Waals surface area contributed by atoms with Crippen LogP contribution >= 0.6 is 27.5 Å². The Morgan fingerprint density at radius 1 is 1.29 bits per heavy atom. The predicted octanol–water partition coefficient (Wildman–Crippen LogP) is 5.43. The number of ether oxygens (including phenoxy) is 1. The van der Waals surface area contributed by atoms with E-state index >= 15 is 0 Å². The molecule has 8 heteroatoms. The van der Waals surface area contributed by atoms with Crippen LogP contribution in [0.1, 0.15) is 19.7 Å². The molecular weight excluding hydrogens is 444 g/mol. The van der Waals surface area contributed by atoms with Crippen LogP contribution < -0.4 is 5.43 Å². The lowest BCUT2D eigenvalue weighted by molar-refractivity contribution is 0.133. The number of hydrogen-bond acceptors (Lipinski definition) is 5. The Bertz CT molecular complexity index is 1040. The van der Waals surface area contributed by atoms with Crippen molar-refractivity contribution < 1.29 is 9.53 Å². The fourth-order valence-electron chi connectivity index (χ4n) is 2.45. The molecule has 1 amide bonds. The summed E-state index contributed by atoms with van der Waals surface area (Å²) in [6.45, 7) is 4.22. The largest absolute Gasteiger partial charge is 0.448 e. The van der Waals surface area contributed by atoms with E-state index in [9.17, 15) is 4.79 Å². The fraction of sp³-hybridized carbons (Fsp3) is 0.200. The second-order valence-electron chi connectivity index (χ2n) is 6.43. The van der Waals surface area contributed by atoms with Crippen molar-refractivity contribution in [3.8, 4) is 11.3 Å². The molecule has 1 aromatic heterocycles. The Kier molecular flexibility index (Phi) is 6.59.